The van der Waals surface area contributed by atoms with E-state index in [2.05, 4.69) is 9.72 Å². The van der Waals surface area contributed by atoms with Crippen molar-refractivity contribution >= 4 is 0 Å². The second-order valence-corrected chi connectivity index (χ2v) is 4.36. The lowest BCUT2D eigenvalue weighted by atomic mass is 10.2. The lowest BCUT2D eigenvalue weighted by molar-refractivity contribution is -0.0247. The Hall–Kier alpha value is -1.44. The second kappa shape index (κ2) is 18.9. The molecule has 2 atom stereocenters. The highest BCUT2D eigenvalue weighted by atomic mass is 16.5. The molecule has 1 saturated heterocycles. The van der Waals surface area contributed by atoms with Crippen LogP contribution < -0.4 is 11.2 Å². The number of hydrogen-bond acceptors (Lipinski definition) is 5. The monoisotopic (exact) mass is 362 g/mol. The van der Waals surface area contributed by atoms with Crippen molar-refractivity contribution in [1.29, 1.82) is 0 Å². The van der Waals surface area contributed by atoms with Gasteiger partial charge in [0.1, 0.15) is 6.23 Å². The number of hydrogen-bond donors (Lipinski definition) is 2. The van der Waals surface area contributed by atoms with Crippen molar-refractivity contribution in [3.8, 4) is 0 Å². The van der Waals surface area contributed by atoms with Gasteiger partial charge < -0.3 is 14.6 Å². The predicted molar refractivity (Wildman–Crippen MR) is 103 cm³/mol. The van der Waals surface area contributed by atoms with Crippen LogP contribution in [0.5, 0.6) is 0 Å². The van der Waals surface area contributed by atoms with Gasteiger partial charge in [-0.3, -0.25) is 14.3 Å². The zero-order valence-electron chi connectivity index (χ0n) is 17.4. The Labute approximate surface area is 152 Å². The van der Waals surface area contributed by atoms with Crippen LogP contribution in [0.1, 0.15) is 66.2 Å². The number of nitrogens with one attached hydrogen (secondary N) is 1. The van der Waals surface area contributed by atoms with Gasteiger partial charge in [-0.1, -0.05) is 41.5 Å². The van der Waals surface area contributed by atoms with E-state index < -0.39 is 5.69 Å². The molecule has 7 nitrogen and oxygen atoms in total. The maximum atomic E-state index is 11.5. The van der Waals surface area contributed by atoms with Crippen molar-refractivity contribution in [2.24, 2.45) is 0 Å². The van der Waals surface area contributed by atoms with Crippen LogP contribution >= 0.6 is 0 Å². The van der Waals surface area contributed by atoms with Crippen molar-refractivity contribution < 1.29 is 14.6 Å². The quantitative estimate of drug-likeness (QED) is 0.844. The van der Waals surface area contributed by atoms with Gasteiger partial charge in [0.15, 0.2) is 0 Å². The molecular weight excluding hydrogens is 324 g/mol. The van der Waals surface area contributed by atoms with E-state index in [0.717, 1.165) is 0 Å². The molecule has 1 fully saturated rings. The Bertz CT molecular complexity index is 511. The largest absolute Gasteiger partial charge is 0.394 e. The van der Waals surface area contributed by atoms with Gasteiger partial charge in [0, 0.05) is 26.0 Å². The average molecular weight is 363 g/mol. The number of H-pyrrole nitrogens is 1. The molecule has 0 aliphatic carbocycles. The van der Waals surface area contributed by atoms with Gasteiger partial charge >= 0.3 is 5.69 Å². The Morgan fingerprint density at radius 2 is 1.64 bits per heavy atom. The zero-order chi connectivity index (χ0) is 20.4. The molecule has 0 aromatic carbocycles. The lowest BCUT2D eigenvalue weighted by Crippen LogP contribution is -2.33. The standard InChI is InChI=1S/C10H14N2O4.C2H6O.3C2H6/c1-6-4-12(10(15)11-9(6)14)8-3-2-7(5-13)16-8;1-3-2;3*1-2/h4,7-8,13H,2-3,5H2,1H3,(H,11,14,15);1-2H3;3*1-2H3. The number of aliphatic hydroxyl groups excluding tert-OH is 1. The summed E-state index contributed by atoms with van der Waals surface area (Å²) in [5.41, 5.74) is -0.382. The molecule has 2 rings (SSSR count). The van der Waals surface area contributed by atoms with E-state index in [4.69, 9.17) is 9.84 Å². The summed E-state index contributed by atoms with van der Waals surface area (Å²) in [4.78, 5) is 24.9. The first-order valence-electron chi connectivity index (χ1n) is 9.02. The van der Waals surface area contributed by atoms with Crippen molar-refractivity contribution in [3.05, 3.63) is 32.6 Å². The highest BCUT2D eigenvalue weighted by Crippen LogP contribution is 2.26. The van der Waals surface area contributed by atoms with E-state index in [0.29, 0.717) is 18.4 Å². The smallest absolute Gasteiger partial charge is 0.330 e. The summed E-state index contributed by atoms with van der Waals surface area (Å²) in [5.74, 6) is 0. The number of ether oxygens (including phenoxy) is 2. The maximum absolute atomic E-state index is 11.5. The van der Waals surface area contributed by atoms with Crippen LogP contribution in [-0.4, -0.2) is 41.6 Å². The molecule has 1 aliphatic rings. The SMILES string of the molecule is CC.CC.CC.COC.Cc1cn(C2CCC(CO)O2)c(=O)[nH]c1=O. The van der Waals surface area contributed by atoms with E-state index in [1.54, 1.807) is 21.1 Å². The van der Waals surface area contributed by atoms with Gasteiger partial charge in [0.25, 0.3) is 5.56 Å². The van der Waals surface area contributed by atoms with Crippen molar-refractivity contribution in [2.45, 2.75) is 73.6 Å². The third kappa shape index (κ3) is 10.9. The number of aromatic nitrogens is 2. The minimum absolute atomic E-state index is 0.0480. The Morgan fingerprint density at radius 1 is 1.16 bits per heavy atom. The van der Waals surface area contributed by atoms with Crippen LogP contribution in [-0.2, 0) is 9.47 Å². The fourth-order valence-electron chi connectivity index (χ4n) is 1.83. The van der Waals surface area contributed by atoms with E-state index in [9.17, 15) is 9.59 Å². The van der Waals surface area contributed by atoms with Gasteiger partial charge in [0.05, 0.1) is 12.7 Å². The molecule has 1 aromatic heterocycles. The highest BCUT2D eigenvalue weighted by molar-refractivity contribution is 5.01. The normalized spacial score (nSPS) is 17.4. The second-order valence-electron chi connectivity index (χ2n) is 4.36. The Kier molecular flexibility index (Phi) is 21.4. The molecule has 2 unspecified atom stereocenters. The van der Waals surface area contributed by atoms with Crippen LogP contribution in [0.4, 0.5) is 0 Å². The van der Waals surface area contributed by atoms with Gasteiger partial charge in [0.2, 0.25) is 0 Å². The molecule has 150 valence electrons. The van der Waals surface area contributed by atoms with Crippen LogP contribution in [0.3, 0.4) is 0 Å². The molecule has 2 heterocycles. The van der Waals surface area contributed by atoms with Gasteiger partial charge in [-0.2, -0.15) is 0 Å². The summed E-state index contributed by atoms with van der Waals surface area (Å²) < 4.78 is 11.1. The molecule has 1 aromatic rings. The van der Waals surface area contributed by atoms with E-state index >= 15 is 0 Å². The van der Waals surface area contributed by atoms with E-state index in [-0.39, 0.29) is 24.5 Å². The number of rotatable bonds is 2. The fraction of sp³-hybridized carbons (Fsp3) is 0.778. The van der Waals surface area contributed by atoms with Crippen LogP contribution in [0, 0.1) is 6.92 Å². The van der Waals surface area contributed by atoms with Crippen LogP contribution in [0.2, 0.25) is 0 Å². The number of aromatic amines is 1. The molecule has 0 saturated carbocycles. The molecule has 0 amide bonds. The summed E-state index contributed by atoms with van der Waals surface area (Å²) in [7, 11) is 3.25. The molecule has 25 heavy (non-hydrogen) atoms. The Balaban J connectivity index is -0.000000464. The molecule has 1 aliphatic heterocycles. The van der Waals surface area contributed by atoms with Crippen molar-refractivity contribution in [3.63, 3.8) is 0 Å². The summed E-state index contributed by atoms with van der Waals surface area (Å²) in [5, 5.41) is 8.93. The van der Waals surface area contributed by atoms with Gasteiger partial charge in [-0.15, -0.1) is 0 Å². The first-order chi connectivity index (χ1) is 12.0. The fourth-order valence-corrected chi connectivity index (χ4v) is 1.83. The van der Waals surface area contributed by atoms with Gasteiger partial charge in [-0.05, 0) is 19.8 Å². The topological polar surface area (TPSA) is 93.6 Å². The molecular formula is C18H38N2O5. The molecule has 0 bridgehead atoms. The molecule has 0 radical (unpaired) electrons. The van der Waals surface area contributed by atoms with Crippen molar-refractivity contribution in [2.75, 3.05) is 20.8 Å². The van der Waals surface area contributed by atoms with Crippen LogP contribution in [0.15, 0.2) is 15.8 Å². The first-order valence-corrected chi connectivity index (χ1v) is 9.02. The predicted octanol–water partition coefficient (Wildman–Crippen LogP) is 2.86. The first kappa shape index (κ1) is 28.4. The minimum Gasteiger partial charge on any atom is -0.394 e. The molecule has 7 heteroatoms. The van der Waals surface area contributed by atoms with Gasteiger partial charge in [-0.25, -0.2) is 4.79 Å². The molecule has 2 N–H and O–H groups in total. The lowest BCUT2D eigenvalue weighted by Gasteiger charge is -2.14. The summed E-state index contributed by atoms with van der Waals surface area (Å²) in [6.07, 6.45) is 2.26. The summed E-state index contributed by atoms with van der Waals surface area (Å²) in [6, 6.07) is 0. The number of aryl methyl sites for hydroxylation is 1. The van der Waals surface area contributed by atoms with Crippen molar-refractivity contribution in [1.82, 2.24) is 9.55 Å². The number of aliphatic hydroxyl groups is 1. The number of nitrogens with zero attached hydrogens (tertiary/aromatic N) is 1. The average Bonchev–Trinajstić information content (AvgIpc) is 3.13. The number of methoxy groups -OCH3 is 1. The van der Waals surface area contributed by atoms with E-state index in [1.807, 2.05) is 41.5 Å². The molecule has 0 spiro atoms. The third-order valence-electron chi connectivity index (χ3n) is 2.74. The zero-order valence-corrected chi connectivity index (χ0v) is 17.4. The highest BCUT2D eigenvalue weighted by Gasteiger charge is 2.26. The maximum Gasteiger partial charge on any atom is 0.330 e. The summed E-state index contributed by atoms with van der Waals surface area (Å²) in [6.45, 7) is 13.6. The van der Waals surface area contributed by atoms with E-state index in [1.165, 1.54) is 10.8 Å². The minimum atomic E-state index is -0.473. The van der Waals surface area contributed by atoms with Crippen LogP contribution in [0.25, 0.3) is 0 Å². The Morgan fingerprint density at radius 3 is 2.04 bits per heavy atom. The summed E-state index contributed by atoms with van der Waals surface area (Å²) >= 11 is 0. The third-order valence-corrected chi connectivity index (χ3v) is 2.74.